The van der Waals surface area contributed by atoms with Gasteiger partial charge in [-0.2, -0.15) is 11.8 Å². The maximum atomic E-state index is 11.8. The number of hydrogen-bond acceptors (Lipinski definition) is 5. The number of aliphatic carboxylic acids is 1. The monoisotopic (exact) mass is 256 g/mol. The van der Waals surface area contributed by atoms with Crippen molar-refractivity contribution in [2.24, 2.45) is 0 Å². The summed E-state index contributed by atoms with van der Waals surface area (Å²) in [4.78, 5) is 23.0. The molecule has 1 aromatic heterocycles. The molecule has 0 saturated carbocycles. The quantitative estimate of drug-likeness (QED) is 0.826. The van der Waals surface area contributed by atoms with Crippen molar-refractivity contribution in [2.45, 2.75) is 18.9 Å². The summed E-state index contributed by atoms with van der Waals surface area (Å²) >= 11 is 1.51. The second-order valence-electron chi connectivity index (χ2n) is 3.97. The molecule has 1 amide bonds. The number of thioether (sulfide) groups is 1. The number of rotatable bonds is 3. The van der Waals surface area contributed by atoms with Crippen molar-refractivity contribution >= 4 is 23.6 Å². The van der Waals surface area contributed by atoms with Gasteiger partial charge in [0.05, 0.1) is 0 Å². The Bertz CT molecular complexity index is 451. The molecule has 0 unspecified atom stereocenters. The van der Waals surface area contributed by atoms with Crippen LogP contribution in [0.25, 0.3) is 0 Å². The van der Waals surface area contributed by atoms with E-state index in [2.05, 4.69) is 10.5 Å². The van der Waals surface area contributed by atoms with E-state index in [0.717, 1.165) is 5.75 Å². The first-order valence-electron chi connectivity index (χ1n) is 5.10. The Morgan fingerprint density at radius 3 is 2.88 bits per heavy atom. The van der Waals surface area contributed by atoms with Crippen molar-refractivity contribution in [2.75, 3.05) is 11.5 Å². The fourth-order valence-corrected chi connectivity index (χ4v) is 2.97. The summed E-state index contributed by atoms with van der Waals surface area (Å²) in [5, 5.41) is 15.3. The van der Waals surface area contributed by atoms with Gasteiger partial charge in [0.1, 0.15) is 11.3 Å². The molecule has 0 aliphatic carbocycles. The lowest BCUT2D eigenvalue weighted by Crippen LogP contribution is -2.54. The highest BCUT2D eigenvalue weighted by Gasteiger charge is 2.43. The number of carboxylic acids is 1. The average Bonchev–Trinajstić information content (AvgIpc) is 2.87. The van der Waals surface area contributed by atoms with Crippen LogP contribution in [0.2, 0.25) is 0 Å². The molecule has 2 heterocycles. The number of aryl methyl sites for hydroxylation is 1. The Morgan fingerprint density at radius 2 is 2.41 bits per heavy atom. The number of aromatic nitrogens is 1. The average molecular weight is 256 g/mol. The van der Waals surface area contributed by atoms with Crippen LogP contribution in [0.5, 0.6) is 0 Å². The van der Waals surface area contributed by atoms with Crippen LogP contribution in [0, 0.1) is 6.92 Å². The number of hydrogen-bond donors (Lipinski definition) is 2. The third-order valence-corrected chi connectivity index (χ3v) is 3.83. The topological polar surface area (TPSA) is 92.4 Å². The van der Waals surface area contributed by atoms with Gasteiger partial charge in [-0.3, -0.25) is 4.79 Å². The first-order valence-corrected chi connectivity index (χ1v) is 6.26. The molecule has 7 heteroatoms. The summed E-state index contributed by atoms with van der Waals surface area (Å²) in [6, 6.07) is 1.48. The number of carbonyl (C=O) groups excluding carboxylic acids is 1. The van der Waals surface area contributed by atoms with Gasteiger partial charge in [-0.15, -0.1) is 0 Å². The Labute approximate surface area is 102 Å². The van der Waals surface area contributed by atoms with Crippen LogP contribution < -0.4 is 5.32 Å². The SMILES string of the molecule is Cc1cc(C(=O)N[C@]2(C(=O)O)CCSC2)no1. The molecule has 0 spiro atoms. The van der Waals surface area contributed by atoms with E-state index in [0.29, 0.717) is 17.9 Å². The summed E-state index contributed by atoms with van der Waals surface area (Å²) in [6.45, 7) is 1.67. The van der Waals surface area contributed by atoms with Gasteiger partial charge < -0.3 is 14.9 Å². The highest BCUT2D eigenvalue weighted by Crippen LogP contribution is 2.28. The second kappa shape index (κ2) is 4.40. The van der Waals surface area contributed by atoms with E-state index in [1.54, 1.807) is 6.92 Å². The van der Waals surface area contributed by atoms with Crippen molar-refractivity contribution in [1.29, 1.82) is 0 Å². The van der Waals surface area contributed by atoms with Gasteiger partial charge in [-0.05, 0) is 19.1 Å². The number of carbonyl (C=O) groups is 2. The minimum atomic E-state index is -1.17. The second-order valence-corrected chi connectivity index (χ2v) is 5.07. The van der Waals surface area contributed by atoms with E-state index < -0.39 is 17.4 Å². The van der Waals surface area contributed by atoms with Crippen LogP contribution in [0.3, 0.4) is 0 Å². The highest BCUT2D eigenvalue weighted by atomic mass is 32.2. The van der Waals surface area contributed by atoms with E-state index >= 15 is 0 Å². The Hall–Kier alpha value is -1.50. The molecular formula is C10H12N2O4S. The third-order valence-electron chi connectivity index (χ3n) is 2.64. The maximum Gasteiger partial charge on any atom is 0.330 e. The third kappa shape index (κ3) is 2.28. The minimum Gasteiger partial charge on any atom is -0.479 e. The minimum absolute atomic E-state index is 0.111. The van der Waals surface area contributed by atoms with Crippen molar-refractivity contribution in [3.63, 3.8) is 0 Å². The maximum absolute atomic E-state index is 11.8. The fraction of sp³-hybridized carbons (Fsp3) is 0.500. The van der Waals surface area contributed by atoms with Crippen LogP contribution in [-0.2, 0) is 4.79 Å². The highest BCUT2D eigenvalue weighted by molar-refractivity contribution is 7.99. The summed E-state index contributed by atoms with van der Waals surface area (Å²) in [5.41, 5.74) is -1.06. The summed E-state index contributed by atoms with van der Waals surface area (Å²) < 4.78 is 4.78. The first-order chi connectivity index (χ1) is 8.03. The van der Waals surface area contributed by atoms with Crippen molar-refractivity contribution < 1.29 is 19.2 Å². The van der Waals surface area contributed by atoms with Gasteiger partial charge in [0, 0.05) is 11.8 Å². The lowest BCUT2D eigenvalue weighted by atomic mass is 9.99. The smallest absolute Gasteiger partial charge is 0.330 e. The number of carboxylic acid groups (broad SMARTS) is 1. The zero-order valence-electron chi connectivity index (χ0n) is 9.23. The molecule has 92 valence electrons. The first kappa shape index (κ1) is 12.0. The number of amides is 1. The molecule has 6 nitrogen and oxygen atoms in total. The molecule has 1 atom stereocenters. The molecular weight excluding hydrogens is 244 g/mol. The van der Waals surface area contributed by atoms with Gasteiger partial charge in [0.15, 0.2) is 5.69 Å². The predicted octanol–water partition coefficient (Wildman–Crippen LogP) is 0.673. The van der Waals surface area contributed by atoms with Gasteiger partial charge in [-0.25, -0.2) is 4.79 Å². The molecule has 1 saturated heterocycles. The Balaban J connectivity index is 2.14. The molecule has 2 N–H and O–H groups in total. The van der Waals surface area contributed by atoms with E-state index in [1.165, 1.54) is 17.8 Å². The van der Waals surface area contributed by atoms with Gasteiger partial charge in [0.25, 0.3) is 5.91 Å². The van der Waals surface area contributed by atoms with E-state index in [4.69, 9.17) is 4.52 Å². The van der Waals surface area contributed by atoms with Gasteiger partial charge >= 0.3 is 5.97 Å². The summed E-state index contributed by atoms with van der Waals surface area (Å²) in [6.07, 6.45) is 0.426. The van der Waals surface area contributed by atoms with Crippen molar-refractivity contribution in [3.8, 4) is 0 Å². The van der Waals surface area contributed by atoms with Crippen LogP contribution in [-0.4, -0.2) is 39.2 Å². The zero-order valence-corrected chi connectivity index (χ0v) is 10.0. The van der Waals surface area contributed by atoms with E-state index in [1.807, 2.05) is 0 Å². The summed E-state index contributed by atoms with van der Waals surface area (Å²) in [7, 11) is 0. The lowest BCUT2D eigenvalue weighted by molar-refractivity contribution is -0.143. The molecule has 2 rings (SSSR count). The summed E-state index contributed by atoms with van der Waals surface area (Å²) in [5.74, 6) is 0.109. The van der Waals surface area contributed by atoms with Gasteiger partial charge in [-0.1, -0.05) is 5.16 Å². The van der Waals surface area contributed by atoms with Crippen molar-refractivity contribution in [1.82, 2.24) is 10.5 Å². The van der Waals surface area contributed by atoms with E-state index in [-0.39, 0.29) is 5.69 Å². The normalized spacial score (nSPS) is 23.6. The molecule has 17 heavy (non-hydrogen) atoms. The standard InChI is InChI=1S/C10H12N2O4S/c1-6-4-7(12-16-6)8(13)11-10(9(14)15)2-3-17-5-10/h4H,2-3,5H2,1H3,(H,11,13)(H,14,15)/t10-/m1/s1. The van der Waals surface area contributed by atoms with Gasteiger partial charge in [0.2, 0.25) is 0 Å². The van der Waals surface area contributed by atoms with Crippen LogP contribution >= 0.6 is 11.8 Å². The van der Waals surface area contributed by atoms with Crippen LogP contribution in [0.4, 0.5) is 0 Å². The zero-order chi connectivity index (χ0) is 12.5. The Kier molecular flexibility index (Phi) is 3.10. The molecule has 0 aromatic carbocycles. The fourth-order valence-electron chi connectivity index (χ4n) is 1.64. The van der Waals surface area contributed by atoms with Crippen molar-refractivity contribution in [3.05, 3.63) is 17.5 Å². The lowest BCUT2D eigenvalue weighted by Gasteiger charge is -2.23. The van der Waals surface area contributed by atoms with Crippen LogP contribution in [0.1, 0.15) is 22.7 Å². The van der Waals surface area contributed by atoms with E-state index in [9.17, 15) is 14.7 Å². The van der Waals surface area contributed by atoms with Crippen LogP contribution in [0.15, 0.2) is 10.6 Å². The Morgan fingerprint density at radius 1 is 1.65 bits per heavy atom. The molecule has 1 aliphatic rings. The molecule has 1 aliphatic heterocycles. The molecule has 1 aromatic rings. The number of nitrogens with one attached hydrogen (secondary N) is 1. The molecule has 0 bridgehead atoms. The largest absolute Gasteiger partial charge is 0.479 e. The predicted molar refractivity (Wildman–Crippen MR) is 61.0 cm³/mol. The molecule has 0 radical (unpaired) electrons. The molecule has 1 fully saturated rings. The number of nitrogens with zero attached hydrogens (tertiary/aromatic N) is 1.